The maximum atomic E-state index is 15.1. The Morgan fingerprint density at radius 1 is 0.976 bits per heavy atom. The van der Waals surface area contributed by atoms with Crippen LogP contribution in [-0.4, -0.2) is 44.4 Å². The van der Waals surface area contributed by atoms with E-state index in [1.54, 1.807) is 0 Å². The van der Waals surface area contributed by atoms with Gasteiger partial charge in [0.25, 0.3) is 5.92 Å². The normalized spacial score (nSPS) is 13.4. The minimum Gasteiger partial charge on any atom is -0.493 e. The number of hydrogen-bond donors (Lipinski definition) is 1. The van der Waals surface area contributed by atoms with Crippen LogP contribution in [0, 0.1) is 17.5 Å². The largest absolute Gasteiger partial charge is 0.493 e. The quantitative estimate of drug-likeness (QED) is 0.181. The smallest absolute Gasteiger partial charge is 0.419 e. The first-order valence-electron chi connectivity index (χ1n) is 12.5. The van der Waals surface area contributed by atoms with E-state index in [1.165, 1.54) is 6.92 Å². The van der Waals surface area contributed by atoms with Crippen LogP contribution in [0.5, 0.6) is 5.75 Å². The summed E-state index contributed by atoms with van der Waals surface area (Å²) in [6.45, 7) is -1.09. The molecule has 0 amide bonds. The summed E-state index contributed by atoms with van der Waals surface area (Å²) < 4.78 is 142. The summed E-state index contributed by atoms with van der Waals surface area (Å²) in [4.78, 5) is 0.484. The first-order valence-corrected chi connectivity index (χ1v) is 14.3. The van der Waals surface area contributed by atoms with Gasteiger partial charge in [-0.3, -0.25) is 4.90 Å². The Kier molecular flexibility index (Phi) is 10.3. The first kappa shape index (κ1) is 33.3. The summed E-state index contributed by atoms with van der Waals surface area (Å²) in [6.07, 6.45) is -5.73. The lowest BCUT2D eigenvalue weighted by Crippen LogP contribution is -2.36. The second kappa shape index (κ2) is 13.0. The van der Waals surface area contributed by atoms with Gasteiger partial charge in [0, 0.05) is 42.1 Å². The lowest BCUT2D eigenvalue weighted by atomic mass is 10.1. The highest BCUT2D eigenvalue weighted by atomic mass is 32.2. The van der Waals surface area contributed by atoms with E-state index < -0.39 is 85.7 Å². The van der Waals surface area contributed by atoms with Crippen molar-refractivity contribution in [2.75, 3.05) is 26.0 Å². The summed E-state index contributed by atoms with van der Waals surface area (Å²) >= 11 is 0. The van der Waals surface area contributed by atoms with Crippen molar-refractivity contribution in [2.24, 2.45) is 0 Å². The Hall–Kier alpha value is -3.23. The summed E-state index contributed by atoms with van der Waals surface area (Å²) in [5.41, 5.74) is -3.08. The molecule has 0 aromatic heterocycles. The van der Waals surface area contributed by atoms with Gasteiger partial charge in [0.2, 0.25) is 0 Å². The fourth-order valence-electron chi connectivity index (χ4n) is 4.28. The van der Waals surface area contributed by atoms with Crippen molar-refractivity contribution in [1.82, 2.24) is 4.90 Å². The van der Waals surface area contributed by atoms with Crippen molar-refractivity contribution in [2.45, 2.75) is 43.0 Å². The van der Waals surface area contributed by atoms with Crippen molar-refractivity contribution in [3.05, 3.63) is 94.3 Å². The predicted octanol–water partition coefficient (Wildman–Crippen LogP) is 6.64. The Balaban J connectivity index is 1.82. The Bertz CT molecular complexity index is 1490. The topological polar surface area (TPSA) is 66.8 Å². The standard InChI is InChI=1S/C28H27F8NO4S/c1-17(38)25-23(30)13-21(14-24(25)42(2,39)40)41-12-4-11-37(16-27(32,33)19-7-9-20(29)10-8-19)15-18-5-3-6-22(26(18)31)28(34,35)36/h3,5-10,13-14,17,38H,4,11-12,15-16H2,1-2H3. The van der Waals surface area contributed by atoms with E-state index >= 15 is 8.78 Å². The zero-order chi connectivity index (χ0) is 31.5. The van der Waals surface area contributed by atoms with Crippen molar-refractivity contribution in [3.63, 3.8) is 0 Å². The fourth-order valence-corrected chi connectivity index (χ4v) is 5.28. The number of nitrogens with zero attached hydrogens (tertiary/aromatic N) is 1. The molecular weight excluding hydrogens is 598 g/mol. The monoisotopic (exact) mass is 625 g/mol. The average molecular weight is 626 g/mol. The van der Waals surface area contributed by atoms with Crippen LogP contribution in [0.1, 0.15) is 41.7 Å². The van der Waals surface area contributed by atoms with Crippen LogP contribution >= 0.6 is 0 Å². The Morgan fingerprint density at radius 3 is 2.19 bits per heavy atom. The van der Waals surface area contributed by atoms with E-state index in [0.717, 1.165) is 59.7 Å². The molecule has 0 heterocycles. The highest BCUT2D eigenvalue weighted by Gasteiger charge is 2.37. The second-order valence-electron chi connectivity index (χ2n) is 9.67. The van der Waals surface area contributed by atoms with Gasteiger partial charge < -0.3 is 9.84 Å². The number of halogens is 8. The molecule has 0 saturated heterocycles. The van der Waals surface area contributed by atoms with Gasteiger partial charge in [0.15, 0.2) is 9.84 Å². The molecule has 3 aromatic carbocycles. The molecule has 0 radical (unpaired) electrons. The van der Waals surface area contributed by atoms with E-state index in [4.69, 9.17) is 4.74 Å². The van der Waals surface area contributed by atoms with E-state index in [1.807, 2.05) is 0 Å². The molecule has 0 aliphatic heterocycles. The molecule has 42 heavy (non-hydrogen) atoms. The minimum absolute atomic E-state index is 0.0753. The third kappa shape index (κ3) is 8.42. The summed E-state index contributed by atoms with van der Waals surface area (Å²) in [5, 5.41) is 9.79. The van der Waals surface area contributed by atoms with Gasteiger partial charge in [-0.25, -0.2) is 21.6 Å². The maximum Gasteiger partial charge on any atom is 0.419 e. The number of hydrogen-bond acceptors (Lipinski definition) is 5. The van der Waals surface area contributed by atoms with E-state index in [-0.39, 0.29) is 25.3 Å². The molecule has 0 fully saturated rings. The minimum atomic E-state index is -5.01. The van der Waals surface area contributed by atoms with Gasteiger partial charge in [0.05, 0.1) is 29.7 Å². The lowest BCUT2D eigenvalue weighted by molar-refractivity contribution is -0.140. The van der Waals surface area contributed by atoms with Crippen LogP contribution in [0.15, 0.2) is 59.5 Å². The van der Waals surface area contributed by atoms with Crippen LogP contribution in [0.4, 0.5) is 35.1 Å². The molecule has 0 saturated carbocycles. The number of sulfone groups is 1. The molecule has 5 nitrogen and oxygen atoms in total. The van der Waals surface area contributed by atoms with E-state index in [0.29, 0.717) is 6.07 Å². The van der Waals surface area contributed by atoms with Crippen molar-refractivity contribution >= 4 is 9.84 Å². The van der Waals surface area contributed by atoms with E-state index in [2.05, 4.69) is 0 Å². The van der Waals surface area contributed by atoms with Gasteiger partial charge >= 0.3 is 6.18 Å². The molecule has 230 valence electrons. The van der Waals surface area contributed by atoms with Gasteiger partial charge in [-0.15, -0.1) is 0 Å². The average Bonchev–Trinajstić information content (AvgIpc) is 2.86. The molecule has 1 N–H and O–H groups in total. The highest BCUT2D eigenvalue weighted by molar-refractivity contribution is 7.90. The number of benzene rings is 3. The van der Waals surface area contributed by atoms with Crippen LogP contribution < -0.4 is 4.74 Å². The van der Waals surface area contributed by atoms with Crippen molar-refractivity contribution in [1.29, 1.82) is 0 Å². The third-order valence-corrected chi connectivity index (χ3v) is 7.37. The zero-order valence-electron chi connectivity index (χ0n) is 22.4. The van der Waals surface area contributed by atoms with Crippen LogP contribution in [0.2, 0.25) is 0 Å². The first-order chi connectivity index (χ1) is 19.4. The molecular formula is C28H27F8NO4S. The van der Waals surface area contributed by atoms with Crippen molar-refractivity contribution < 1.29 is 53.4 Å². The summed E-state index contributed by atoms with van der Waals surface area (Å²) in [5.74, 6) is -7.27. The van der Waals surface area contributed by atoms with Gasteiger partial charge in [-0.2, -0.15) is 22.0 Å². The molecule has 3 rings (SSSR count). The third-order valence-electron chi connectivity index (χ3n) is 6.24. The number of alkyl halides is 5. The Morgan fingerprint density at radius 2 is 1.62 bits per heavy atom. The van der Waals surface area contributed by atoms with Crippen LogP contribution in [0.3, 0.4) is 0 Å². The van der Waals surface area contributed by atoms with Crippen LogP contribution in [-0.2, 0) is 28.5 Å². The fraction of sp³-hybridized carbons (Fsp3) is 0.357. The maximum absolute atomic E-state index is 15.1. The molecule has 0 aliphatic carbocycles. The molecule has 14 heteroatoms. The zero-order valence-corrected chi connectivity index (χ0v) is 23.2. The summed E-state index contributed by atoms with van der Waals surface area (Å²) in [6, 6.07) is 7.69. The number of aliphatic hydroxyl groups excluding tert-OH is 1. The lowest BCUT2D eigenvalue weighted by Gasteiger charge is -2.28. The molecule has 0 aliphatic rings. The predicted molar refractivity (Wildman–Crippen MR) is 137 cm³/mol. The number of ether oxygens (including phenoxy) is 1. The molecule has 0 bridgehead atoms. The highest BCUT2D eigenvalue weighted by Crippen LogP contribution is 2.34. The summed E-state index contributed by atoms with van der Waals surface area (Å²) in [7, 11) is -3.98. The number of rotatable bonds is 12. The second-order valence-corrected chi connectivity index (χ2v) is 11.6. The van der Waals surface area contributed by atoms with E-state index in [9.17, 15) is 39.9 Å². The molecule has 3 aromatic rings. The molecule has 1 unspecified atom stereocenters. The van der Waals surface area contributed by atoms with Crippen LogP contribution in [0.25, 0.3) is 0 Å². The Labute approximate surface area is 237 Å². The molecule has 0 spiro atoms. The van der Waals surface area contributed by atoms with Crippen molar-refractivity contribution in [3.8, 4) is 5.75 Å². The van der Waals surface area contributed by atoms with Gasteiger partial charge in [0.1, 0.15) is 23.2 Å². The molecule has 1 atom stereocenters. The number of aliphatic hydroxyl groups is 1. The van der Waals surface area contributed by atoms with Gasteiger partial charge in [-0.1, -0.05) is 24.3 Å². The SMILES string of the molecule is CC(O)c1c(F)cc(OCCCN(Cc2cccc(C(F)(F)F)c2F)CC(F)(F)c2ccc(F)cc2)cc1S(C)(=O)=O. The van der Waals surface area contributed by atoms with Gasteiger partial charge in [-0.05, 0) is 37.6 Å².